The van der Waals surface area contributed by atoms with Crippen LogP contribution in [0.2, 0.25) is 0 Å². The third kappa shape index (κ3) is 4.47. The van der Waals surface area contributed by atoms with Crippen molar-refractivity contribution in [1.29, 1.82) is 0 Å². The van der Waals surface area contributed by atoms with E-state index in [0.29, 0.717) is 12.2 Å². The second-order valence-corrected chi connectivity index (χ2v) is 3.99. The average molecular weight is 220 g/mol. The fourth-order valence-electron chi connectivity index (χ4n) is 1.72. The zero-order valence-corrected chi connectivity index (χ0v) is 10.2. The summed E-state index contributed by atoms with van der Waals surface area (Å²) in [4.78, 5) is 11.3. The second kappa shape index (κ2) is 7.04. The first-order chi connectivity index (χ1) is 7.76. The molecule has 0 atom stereocenters. The largest absolute Gasteiger partial charge is 0.497 e. The molecule has 0 aliphatic carbocycles. The fraction of sp³-hybridized carbons (Fsp3) is 0.500. The van der Waals surface area contributed by atoms with E-state index >= 15 is 0 Å². The summed E-state index contributed by atoms with van der Waals surface area (Å²) in [6, 6.07) is 8.03. The lowest BCUT2D eigenvalue weighted by Crippen LogP contribution is -1.98. The van der Waals surface area contributed by atoms with Crippen molar-refractivity contribution in [3.8, 4) is 5.75 Å². The monoisotopic (exact) mass is 220 g/mol. The molecule has 88 valence electrons. The van der Waals surface area contributed by atoms with Crippen LogP contribution in [0.3, 0.4) is 0 Å². The van der Waals surface area contributed by atoms with Crippen LogP contribution >= 0.6 is 0 Å². The zero-order chi connectivity index (χ0) is 11.8. The van der Waals surface area contributed by atoms with E-state index in [4.69, 9.17) is 4.74 Å². The van der Waals surface area contributed by atoms with Gasteiger partial charge >= 0.3 is 0 Å². The number of benzene rings is 1. The van der Waals surface area contributed by atoms with E-state index in [-0.39, 0.29) is 0 Å². The van der Waals surface area contributed by atoms with Gasteiger partial charge in [0.25, 0.3) is 0 Å². The van der Waals surface area contributed by atoms with E-state index < -0.39 is 0 Å². The Labute approximate surface area is 97.6 Å². The van der Waals surface area contributed by atoms with Gasteiger partial charge in [-0.3, -0.25) is 4.79 Å². The molecule has 2 nitrogen and oxygen atoms in total. The van der Waals surface area contributed by atoms with Crippen molar-refractivity contribution in [2.75, 3.05) is 7.11 Å². The number of carbonyl (C=O) groups excluding carboxylic acids is 1. The summed E-state index contributed by atoms with van der Waals surface area (Å²) in [7, 11) is 1.67. The van der Waals surface area contributed by atoms with Gasteiger partial charge in [-0.05, 0) is 37.0 Å². The van der Waals surface area contributed by atoms with Crippen molar-refractivity contribution in [2.45, 2.75) is 39.0 Å². The predicted octanol–water partition coefficient (Wildman–Crippen LogP) is 3.39. The Balaban J connectivity index is 2.34. The number of Topliss-reactive ketones (excluding diaryl/α,β-unsaturated/α-hetero) is 1. The summed E-state index contributed by atoms with van der Waals surface area (Å²) >= 11 is 0. The van der Waals surface area contributed by atoms with Gasteiger partial charge in [-0.2, -0.15) is 0 Å². The Kier molecular flexibility index (Phi) is 5.62. The van der Waals surface area contributed by atoms with Crippen LogP contribution in [-0.2, 0) is 11.2 Å². The van der Waals surface area contributed by atoms with Crippen LogP contribution in [-0.4, -0.2) is 12.9 Å². The Hall–Kier alpha value is -1.31. The van der Waals surface area contributed by atoms with E-state index in [1.165, 1.54) is 5.56 Å². The maximum absolute atomic E-state index is 11.3. The molecule has 16 heavy (non-hydrogen) atoms. The first kappa shape index (κ1) is 12.8. The number of carbonyl (C=O) groups is 1. The number of methoxy groups -OCH3 is 1. The first-order valence-electron chi connectivity index (χ1n) is 5.91. The van der Waals surface area contributed by atoms with Gasteiger partial charge in [0.1, 0.15) is 11.5 Å². The van der Waals surface area contributed by atoms with E-state index in [1.54, 1.807) is 7.11 Å². The smallest absolute Gasteiger partial charge is 0.132 e. The molecule has 0 N–H and O–H groups in total. The third-order valence-corrected chi connectivity index (χ3v) is 2.58. The molecule has 2 heteroatoms. The van der Waals surface area contributed by atoms with Crippen LogP contribution < -0.4 is 4.74 Å². The number of aryl methyl sites for hydroxylation is 1. The van der Waals surface area contributed by atoms with Gasteiger partial charge < -0.3 is 4.74 Å². The van der Waals surface area contributed by atoms with Crippen LogP contribution in [0.5, 0.6) is 5.75 Å². The van der Waals surface area contributed by atoms with Crippen molar-refractivity contribution in [3.63, 3.8) is 0 Å². The molecule has 0 aliphatic heterocycles. The van der Waals surface area contributed by atoms with Crippen LogP contribution in [0.4, 0.5) is 0 Å². The van der Waals surface area contributed by atoms with Crippen molar-refractivity contribution in [3.05, 3.63) is 29.8 Å². The van der Waals surface area contributed by atoms with Crippen molar-refractivity contribution in [1.82, 2.24) is 0 Å². The molecule has 0 amide bonds. The molecular formula is C14H20O2. The molecule has 0 bridgehead atoms. The maximum Gasteiger partial charge on any atom is 0.132 e. The molecule has 0 unspecified atom stereocenters. The highest BCUT2D eigenvalue weighted by Gasteiger charge is 2.01. The first-order valence-corrected chi connectivity index (χ1v) is 5.91. The SMILES string of the molecule is CCCC(=O)CCCc1cccc(OC)c1. The molecular weight excluding hydrogens is 200 g/mol. The summed E-state index contributed by atoms with van der Waals surface area (Å²) in [5, 5.41) is 0. The normalized spacial score (nSPS) is 10.1. The summed E-state index contributed by atoms with van der Waals surface area (Å²) in [6.45, 7) is 2.04. The molecule has 0 aliphatic rings. The van der Waals surface area contributed by atoms with Gasteiger partial charge in [0.2, 0.25) is 0 Å². The summed E-state index contributed by atoms with van der Waals surface area (Å²) in [6.07, 6.45) is 4.26. The molecule has 0 saturated heterocycles. The third-order valence-electron chi connectivity index (χ3n) is 2.58. The van der Waals surface area contributed by atoms with Gasteiger partial charge in [-0.1, -0.05) is 19.1 Å². The summed E-state index contributed by atoms with van der Waals surface area (Å²) < 4.78 is 5.15. The van der Waals surface area contributed by atoms with E-state index in [1.807, 2.05) is 25.1 Å². The lowest BCUT2D eigenvalue weighted by atomic mass is 10.0. The van der Waals surface area contributed by atoms with Crippen molar-refractivity contribution in [2.24, 2.45) is 0 Å². The molecule has 1 aromatic carbocycles. The van der Waals surface area contributed by atoms with Gasteiger partial charge in [-0.15, -0.1) is 0 Å². The van der Waals surface area contributed by atoms with Crippen LogP contribution in [0, 0.1) is 0 Å². The Morgan fingerprint density at radius 3 is 2.81 bits per heavy atom. The number of ketones is 1. The minimum absolute atomic E-state index is 0.380. The molecule has 0 fully saturated rings. The standard InChI is InChI=1S/C14H20O2/c1-3-6-13(15)9-4-7-12-8-5-10-14(11-12)16-2/h5,8,10-11H,3-4,6-7,9H2,1-2H3. The number of hydrogen-bond donors (Lipinski definition) is 0. The minimum Gasteiger partial charge on any atom is -0.497 e. The highest BCUT2D eigenvalue weighted by molar-refractivity contribution is 5.78. The molecule has 1 aromatic rings. The minimum atomic E-state index is 0.380. The van der Waals surface area contributed by atoms with E-state index in [9.17, 15) is 4.79 Å². The van der Waals surface area contributed by atoms with Crippen LogP contribution in [0.15, 0.2) is 24.3 Å². The summed E-state index contributed by atoms with van der Waals surface area (Å²) in [5.74, 6) is 1.27. The Morgan fingerprint density at radius 2 is 2.12 bits per heavy atom. The van der Waals surface area contributed by atoms with Gasteiger partial charge in [-0.25, -0.2) is 0 Å². The topological polar surface area (TPSA) is 26.3 Å². The van der Waals surface area contributed by atoms with Gasteiger partial charge in [0.15, 0.2) is 0 Å². The molecule has 1 rings (SSSR count). The van der Waals surface area contributed by atoms with Crippen molar-refractivity contribution < 1.29 is 9.53 Å². The lowest BCUT2D eigenvalue weighted by molar-refractivity contribution is -0.119. The van der Waals surface area contributed by atoms with Gasteiger partial charge in [0.05, 0.1) is 7.11 Å². The highest BCUT2D eigenvalue weighted by atomic mass is 16.5. The summed E-state index contributed by atoms with van der Waals surface area (Å²) in [5.41, 5.74) is 1.24. The number of ether oxygens (including phenoxy) is 1. The lowest BCUT2D eigenvalue weighted by Gasteiger charge is -2.04. The molecule has 0 aromatic heterocycles. The molecule has 0 heterocycles. The van der Waals surface area contributed by atoms with E-state index in [0.717, 1.165) is 31.4 Å². The Morgan fingerprint density at radius 1 is 1.31 bits per heavy atom. The van der Waals surface area contributed by atoms with E-state index in [2.05, 4.69) is 6.07 Å². The van der Waals surface area contributed by atoms with Crippen LogP contribution in [0.1, 0.15) is 38.2 Å². The predicted molar refractivity (Wildman–Crippen MR) is 65.8 cm³/mol. The molecule has 0 radical (unpaired) electrons. The number of hydrogen-bond acceptors (Lipinski definition) is 2. The number of rotatable bonds is 7. The second-order valence-electron chi connectivity index (χ2n) is 3.99. The quantitative estimate of drug-likeness (QED) is 0.704. The zero-order valence-electron chi connectivity index (χ0n) is 10.2. The molecule has 0 spiro atoms. The average Bonchev–Trinajstić information content (AvgIpc) is 2.30. The molecule has 0 saturated carbocycles. The fourth-order valence-corrected chi connectivity index (χ4v) is 1.72. The van der Waals surface area contributed by atoms with Crippen LogP contribution in [0.25, 0.3) is 0 Å². The highest BCUT2D eigenvalue weighted by Crippen LogP contribution is 2.14. The maximum atomic E-state index is 11.3. The van der Waals surface area contributed by atoms with Crippen molar-refractivity contribution >= 4 is 5.78 Å². The Bertz CT molecular complexity index is 331. The van der Waals surface area contributed by atoms with Gasteiger partial charge in [0, 0.05) is 12.8 Å².